The van der Waals surface area contributed by atoms with E-state index in [4.69, 9.17) is 9.15 Å². The minimum absolute atomic E-state index is 0.106. The first-order chi connectivity index (χ1) is 10.3. The molecule has 1 aromatic rings. The normalized spacial score (nSPS) is 27.4. The predicted octanol–water partition coefficient (Wildman–Crippen LogP) is 2.28. The van der Waals surface area contributed by atoms with Gasteiger partial charge in [0.05, 0.1) is 24.8 Å². The van der Waals surface area contributed by atoms with Gasteiger partial charge in [-0.2, -0.15) is 0 Å². The summed E-state index contributed by atoms with van der Waals surface area (Å²) in [5.41, 5.74) is 0. The maximum absolute atomic E-state index is 5.92. The highest BCUT2D eigenvalue weighted by atomic mass is 16.5. The first kappa shape index (κ1) is 14.8. The summed E-state index contributed by atoms with van der Waals surface area (Å²) < 4.78 is 11.8. The van der Waals surface area contributed by atoms with Gasteiger partial charge in [-0.25, -0.2) is 0 Å². The Balaban J connectivity index is 1.69. The molecule has 0 bridgehead atoms. The van der Waals surface area contributed by atoms with Gasteiger partial charge in [-0.1, -0.05) is 24.9 Å². The van der Waals surface area contributed by atoms with E-state index in [1.165, 1.54) is 12.8 Å². The van der Waals surface area contributed by atoms with Crippen LogP contribution in [0.4, 0.5) is 6.01 Å². The number of morpholine rings is 1. The van der Waals surface area contributed by atoms with Crippen LogP contribution in [-0.4, -0.2) is 42.0 Å². The van der Waals surface area contributed by atoms with E-state index in [2.05, 4.69) is 34.3 Å². The van der Waals surface area contributed by atoms with Crippen LogP contribution in [-0.2, 0) is 4.74 Å². The number of fused-ring (bicyclic) bond motifs is 1. The molecule has 3 rings (SSSR count). The molecule has 2 aliphatic rings. The first-order valence-corrected chi connectivity index (χ1v) is 8.24. The molecular formula is C15H26N4O2. The average Bonchev–Trinajstić information content (AvgIpc) is 3.02. The van der Waals surface area contributed by atoms with E-state index >= 15 is 0 Å². The van der Waals surface area contributed by atoms with Crippen LogP contribution in [0.2, 0.25) is 0 Å². The fourth-order valence-electron chi connectivity index (χ4n) is 3.30. The molecule has 1 saturated heterocycles. The van der Waals surface area contributed by atoms with E-state index in [1.54, 1.807) is 0 Å². The number of hydrogen-bond donors (Lipinski definition) is 1. The van der Waals surface area contributed by atoms with Crippen LogP contribution in [0.1, 0.15) is 57.9 Å². The summed E-state index contributed by atoms with van der Waals surface area (Å²) in [6.45, 7) is 6.77. The number of nitrogens with one attached hydrogen (secondary N) is 1. The molecule has 2 fully saturated rings. The van der Waals surface area contributed by atoms with Gasteiger partial charge in [-0.3, -0.25) is 0 Å². The number of rotatable bonds is 5. The summed E-state index contributed by atoms with van der Waals surface area (Å²) in [5, 5.41) is 11.9. The van der Waals surface area contributed by atoms with Crippen LogP contribution in [0.15, 0.2) is 4.42 Å². The van der Waals surface area contributed by atoms with Crippen LogP contribution in [0.25, 0.3) is 0 Å². The van der Waals surface area contributed by atoms with Gasteiger partial charge in [0.15, 0.2) is 0 Å². The van der Waals surface area contributed by atoms with Crippen molar-refractivity contribution < 1.29 is 9.15 Å². The molecule has 1 N–H and O–H groups in total. The average molecular weight is 294 g/mol. The molecule has 0 spiro atoms. The van der Waals surface area contributed by atoms with E-state index in [1.807, 2.05) is 0 Å². The molecule has 118 valence electrons. The Labute approximate surface area is 126 Å². The molecule has 0 radical (unpaired) electrons. The fourth-order valence-corrected chi connectivity index (χ4v) is 3.30. The maximum atomic E-state index is 5.92. The summed E-state index contributed by atoms with van der Waals surface area (Å²) in [7, 11) is 0. The van der Waals surface area contributed by atoms with Crippen LogP contribution in [0, 0.1) is 0 Å². The molecule has 21 heavy (non-hydrogen) atoms. The number of anilines is 1. The summed E-state index contributed by atoms with van der Waals surface area (Å²) in [6.07, 6.45) is 6.26. The SMILES string of the molecule is CCCNC(C)c1nnc(N2CCOC3CCCCC32)o1. The second-order valence-corrected chi connectivity index (χ2v) is 6.05. The molecular weight excluding hydrogens is 268 g/mol. The Morgan fingerprint density at radius 2 is 2.19 bits per heavy atom. The van der Waals surface area contributed by atoms with Crippen molar-refractivity contribution in [3.05, 3.63) is 5.89 Å². The zero-order chi connectivity index (χ0) is 14.7. The molecule has 6 nitrogen and oxygen atoms in total. The summed E-state index contributed by atoms with van der Waals surface area (Å²) in [4.78, 5) is 2.26. The number of aromatic nitrogens is 2. The van der Waals surface area contributed by atoms with E-state index < -0.39 is 0 Å². The molecule has 3 atom stereocenters. The van der Waals surface area contributed by atoms with Crippen LogP contribution in [0.3, 0.4) is 0 Å². The summed E-state index contributed by atoms with van der Waals surface area (Å²) in [5.74, 6) is 0.678. The van der Waals surface area contributed by atoms with Crippen LogP contribution >= 0.6 is 0 Å². The second kappa shape index (κ2) is 6.75. The van der Waals surface area contributed by atoms with Gasteiger partial charge >= 0.3 is 6.01 Å². The lowest BCUT2D eigenvalue weighted by atomic mass is 9.90. The fraction of sp³-hybridized carbons (Fsp3) is 0.867. The molecule has 6 heteroatoms. The van der Waals surface area contributed by atoms with Crippen LogP contribution < -0.4 is 10.2 Å². The Morgan fingerprint density at radius 1 is 1.33 bits per heavy atom. The van der Waals surface area contributed by atoms with Crippen molar-refractivity contribution in [1.29, 1.82) is 0 Å². The molecule has 0 amide bonds. The third-order valence-corrected chi connectivity index (χ3v) is 4.48. The van der Waals surface area contributed by atoms with E-state index in [0.717, 1.165) is 39.0 Å². The Bertz CT molecular complexity index is 449. The Morgan fingerprint density at radius 3 is 3.05 bits per heavy atom. The minimum Gasteiger partial charge on any atom is -0.406 e. The smallest absolute Gasteiger partial charge is 0.318 e. The molecule has 1 aromatic heterocycles. The van der Waals surface area contributed by atoms with E-state index in [9.17, 15) is 0 Å². The molecule has 3 unspecified atom stereocenters. The molecule has 1 aliphatic carbocycles. The van der Waals surface area contributed by atoms with Crippen molar-refractivity contribution in [2.24, 2.45) is 0 Å². The van der Waals surface area contributed by atoms with Gasteiger partial charge in [-0.15, -0.1) is 5.10 Å². The maximum Gasteiger partial charge on any atom is 0.318 e. The van der Waals surface area contributed by atoms with Crippen molar-refractivity contribution in [3.8, 4) is 0 Å². The zero-order valence-corrected chi connectivity index (χ0v) is 13.0. The zero-order valence-electron chi connectivity index (χ0n) is 13.0. The Hall–Kier alpha value is -1.14. The lowest BCUT2D eigenvalue weighted by Crippen LogP contribution is -2.53. The van der Waals surface area contributed by atoms with Crippen molar-refractivity contribution in [1.82, 2.24) is 15.5 Å². The lowest BCUT2D eigenvalue weighted by molar-refractivity contribution is -0.0107. The third kappa shape index (κ3) is 3.21. The number of hydrogen-bond acceptors (Lipinski definition) is 6. The quantitative estimate of drug-likeness (QED) is 0.899. The third-order valence-electron chi connectivity index (χ3n) is 4.48. The molecule has 1 aliphatic heterocycles. The van der Waals surface area contributed by atoms with Crippen molar-refractivity contribution in [2.75, 3.05) is 24.6 Å². The van der Waals surface area contributed by atoms with Gasteiger partial charge < -0.3 is 19.4 Å². The standard InChI is InChI=1S/C15H26N4O2/c1-3-8-16-11(2)14-17-18-15(21-14)19-9-10-20-13-7-5-4-6-12(13)19/h11-13,16H,3-10H2,1-2H3. The van der Waals surface area contributed by atoms with Crippen molar-refractivity contribution in [3.63, 3.8) is 0 Å². The van der Waals surface area contributed by atoms with Crippen molar-refractivity contribution in [2.45, 2.75) is 64.1 Å². The highest BCUT2D eigenvalue weighted by molar-refractivity contribution is 5.29. The van der Waals surface area contributed by atoms with Crippen molar-refractivity contribution >= 4 is 6.01 Å². The lowest BCUT2D eigenvalue weighted by Gasteiger charge is -2.42. The van der Waals surface area contributed by atoms with Gasteiger partial charge in [0.1, 0.15) is 0 Å². The number of ether oxygens (including phenoxy) is 1. The van der Waals surface area contributed by atoms with E-state index in [-0.39, 0.29) is 6.04 Å². The van der Waals surface area contributed by atoms with Gasteiger partial charge in [0, 0.05) is 6.54 Å². The topological polar surface area (TPSA) is 63.4 Å². The monoisotopic (exact) mass is 294 g/mol. The first-order valence-electron chi connectivity index (χ1n) is 8.24. The predicted molar refractivity (Wildman–Crippen MR) is 80.3 cm³/mol. The second-order valence-electron chi connectivity index (χ2n) is 6.05. The summed E-state index contributed by atoms with van der Waals surface area (Å²) in [6, 6.07) is 1.17. The molecule has 0 aromatic carbocycles. The van der Waals surface area contributed by atoms with Gasteiger partial charge in [-0.05, 0) is 32.7 Å². The van der Waals surface area contributed by atoms with Crippen LogP contribution in [0.5, 0.6) is 0 Å². The highest BCUT2D eigenvalue weighted by Gasteiger charge is 2.36. The van der Waals surface area contributed by atoms with E-state index in [0.29, 0.717) is 24.1 Å². The summed E-state index contributed by atoms with van der Waals surface area (Å²) >= 11 is 0. The van der Waals surface area contributed by atoms with Gasteiger partial charge in [0.25, 0.3) is 0 Å². The molecule has 1 saturated carbocycles. The number of nitrogens with zero attached hydrogens (tertiary/aromatic N) is 3. The van der Waals surface area contributed by atoms with Gasteiger partial charge in [0.2, 0.25) is 5.89 Å². The molecule has 2 heterocycles. The minimum atomic E-state index is 0.106. The Kier molecular flexibility index (Phi) is 4.75. The largest absolute Gasteiger partial charge is 0.406 e. The highest BCUT2D eigenvalue weighted by Crippen LogP contribution is 2.31.